The molecule has 0 saturated carbocycles. The van der Waals surface area contributed by atoms with Crippen molar-refractivity contribution in [3.63, 3.8) is 0 Å². The highest BCUT2D eigenvalue weighted by Gasteiger charge is 2.22. The number of carbonyl (C=O) groups excluding carboxylic acids is 1. The zero-order chi connectivity index (χ0) is 12.7. The first-order valence-electron chi connectivity index (χ1n) is 4.92. The molecule has 2 N–H and O–H groups in total. The first-order valence-corrected chi connectivity index (χ1v) is 4.92. The number of carboxylic acid groups (broad SMARTS) is 1. The van der Waals surface area contributed by atoms with Crippen LogP contribution in [0.2, 0.25) is 0 Å². The zero-order valence-electron chi connectivity index (χ0n) is 9.27. The summed E-state index contributed by atoms with van der Waals surface area (Å²) >= 11 is 0. The molecule has 0 bridgehead atoms. The number of aryl methyl sites for hydroxylation is 1. The molecule has 0 spiro atoms. The standard InChI is InChI=1S/C12H10O5/c1-5-7-3-4-8(14)9(6(2)13)11(7)17-10(5)12(15)16/h3-4,14H,1-2H3,(H,15,16). The second-order valence-corrected chi connectivity index (χ2v) is 3.75. The molecule has 1 aromatic heterocycles. The first kappa shape index (κ1) is 11.2. The van der Waals surface area contributed by atoms with E-state index in [0.717, 1.165) is 0 Å². The van der Waals surface area contributed by atoms with Crippen LogP contribution in [0.4, 0.5) is 0 Å². The number of rotatable bonds is 2. The van der Waals surface area contributed by atoms with E-state index in [1.807, 2.05) is 0 Å². The highest BCUT2D eigenvalue weighted by Crippen LogP contribution is 2.33. The van der Waals surface area contributed by atoms with Crippen LogP contribution in [0.15, 0.2) is 16.5 Å². The first-order chi connectivity index (χ1) is 7.93. The second kappa shape index (κ2) is 3.62. The van der Waals surface area contributed by atoms with Gasteiger partial charge in [0.2, 0.25) is 5.76 Å². The molecule has 0 radical (unpaired) electrons. The van der Waals surface area contributed by atoms with E-state index in [4.69, 9.17) is 9.52 Å². The summed E-state index contributed by atoms with van der Waals surface area (Å²) in [6.45, 7) is 2.88. The second-order valence-electron chi connectivity index (χ2n) is 3.75. The Balaban J connectivity index is 2.91. The highest BCUT2D eigenvalue weighted by molar-refractivity contribution is 6.09. The minimum atomic E-state index is -1.20. The highest BCUT2D eigenvalue weighted by atomic mass is 16.4. The van der Waals surface area contributed by atoms with Crippen LogP contribution in [0, 0.1) is 6.92 Å². The number of carbonyl (C=O) groups is 2. The molecule has 2 aromatic rings. The van der Waals surface area contributed by atoms with Gasteiger partial charge < -0.3 is 14.6 Å². The number of aromatic hydroxyl groups is 1. The number of ketones is 1. The zero-order valence-corrected chi connectivity index (χ0v) is 9.27. The number of carboxylic acids is 1. The van der Waals surface area contributed by atoms with Gasteiger partial charge in [0.15, 0.2) is 5.78 Å². The van der Waals surface area contributed by atoms with Gasteiger partial charge in [-0.25, -0.2) is 4.79 Å². The maximum Gasteiger partial charge on any atom is 0.372 e. The Hall–Kier alpha value is -2.30. The van der Waals surface area contributed by atoms with E-state index in [-0.39, 0.29) is 28.4 Å². The number of hydrogen-bond donors (Lipinski definition) is 2. The third kappa shape index (κ3) is 1.56. The number of phenolic OH excluding ortho intramolecular Hbond substituents is 1. The van der Waals surface area contributed by atoms with Crippen molar-refractivity contribution in [2.45, 2.75) is 13.8 Å². The van der Waals surface area contributed by atoms with Gasteiger partial charge in [-0.05, 0) is 26.0 Å². The minimum Gasteiger partial charge on any atom is -0.507 e. The van der Waals surface area contributed by atoms with Crippen molar-refractivity contribution in [2.24, 2.45) is 0 Å². The van der Waals surface area contributed by atoms with Crippen LogP contribution in [0.3, 0.4) is 0 Å². The van der Waals surface area contributed by atoms with Crippen LogP contribution in [0.1, 0.15) is 33.4 Å². The number of furan rings is 1. The average molecular weight is 234 g/mol. The van der Waals surface area contributed by atoms with Crippen molar-refractivity contribution < 1.29 is 24.2 Å². The Morgan fingerprint density at radius 1 is 1.29 bits per heavy atom. The fourth-order valence-electron chi connectivity index (χ4n) is 1.82. The quantitative estimate of drug-likeness (QED) is 0.778. The molecule has 0 fully saturated rings. The van der Waals surface area contributed by atoms with Crippen LogP contribution in [0.25, 0.3) is 11.0 Å². The summed E-state index contributed by atoms with van der Waals surface area (Å²) in [5.41, 5.74) is 0.570. The summed E-state index contributed by atoms with van der Waals surface area (Å²) in [7, 11) is 0. The molecule has 17 heavy (non-hydrogen) atoms. The molecule has 0 atom stereocenters. The topological polar surface area (TPSA) is 87.7 Å². The van der Waals surface area contributed by atoms with Crippen molar-refractivity contribution in [2.75, 3.05) is 0 Å². The van der Waals surface area contributed by atoms with Crippen molar-refractivity contribution in [3.05, 3.63) is 29.0 Å². The van der Waals surface area contributed by atoms with Gasteiger partial charge in [0.1, 0.15) is 16.9 Å². The van der Waals surface area contributed by atoms with Gasteiger partial charge in [-0.15, -0.1) is 0 Å². The molecular formula is C12H10O5. The van der Waals surface area contributed by atoms with Gasteiger partial charge in [0, 0.05) is 10.9 Å². The van der Waals surface area contributed by atoms with E-state index in [1.54, 1.807) is 6.92 Å². The van der Waals surface area contributed by atoms with E-state index in [0.29, 0.717) is 10.9 Å². The summed E-state index contributed by atoms with van der Waals surface area (Å²) in [5, 5.41) is 19.0. The van der Waals surface area contributed by atoms with Crippen molar-refractivity contribution in [1.82, 2.24) is 0 Å². The van der Waals surface area contributed by atoms with Crippen molar-refractivity contribution >= 4 is 22.7 Å². The molecule has 0 aliphatic rings. The third-order valence-corrected chi connectivity index (χ3v) is 2.63. The van der Waals surface area contributed by atoms with Crippen LogP contribution in [-0.4, -0.2) is 22.0 Å². The van der Waals surface area contributed by atoms with Crippen LogP contribution in [-0.2, 0) is 0 Å². The summed E-state index contributed by atoms with van der Waals surface area (Å²) in [5.74, 6) is -2.00. The van der Waals surface area contributed by atoms with Gasteiger partial charge in [-0.2, -0.15) is 0 Å². The third-order valence-electron chi connectivity index (χ3n) is 2.63. The summed E-state index contributed by atoms with van der Waals surface area (Å²) in [6.07, 6.45) is 0. The molecule has 88 valence electrons. The molecule has 0 amide bonds. The van der Waals surface area contributed by atoms with Crippen LogP contribution < -0.4 is 0 Å². The van der Waals surface area contributed by atoms with Gasteiger partial charge in [0.05, 0.1) is 0 Å². The fraction of sp³-hybridized carbons (Fsp3) is 0.167. The summed E-state index contributed by atoms with van der Waals surface area (Å²) in [4.78, 5) is 22.3. The summed E-state index contributed by atoms with van der Waals surface area (Å²) < 4.78 is 5.15. The Morgan fingerprint density at radius 2 is 1.94 bits per heavy atom. The van der Waals surface area contributed by atoms with E-state index < -0.39 is 5.97 Å². The van der Waals surface area contributed by atoms with Crippen molar-refractivity contribution in [1.29, 1.82) is 0 Å². The molecule has 0 saturated heterocycles. The Labute approximate surface area is 96.3 Å². The monoisotopic (exact) mass is 234 g/mol. The predicted octanol–water partition coefficient (Wildman–Crippen LogP) is 2.35. The van der Waals surface area contributed by atoms with Gasteiger partial charge in [-0.3, -0.25) is 4.79 Å². The molecular weight excluding hydrogens is 224 g/mol. The normalized spacial score (nSPS) is 10.7. The van der Waals surface area contributed by atoms with Crippen LogP contribution in [0.5, 0.6) is 5.75 Å². The number of Topliss-reactive ketones (excluding diaryl/α,β-unsaturated/α-hetero) is 1. The van der Waals surface area contributed by atoms with Gasteiger partial charge in [0.25, 0.3) is 0 Å². The maximum atomic E-state index is 11.4. The van der Waals surface area contributed by atoms with E-state index in [2.05, 4.69) is 0 Å². The average Bonchev–Trinajstić information content (AvgIpc) is 2.55. The molecule has 0 aliphatic carbocycles. The lowest BCUT2D eigenvalue weighted by atomic mass is 10.1. The lowest BCUT2D eigenvalue weighted by Gasteiger charge is -2.00. The lowest BCUT2D eigenvalue weighted by Crippen LogP contribution is -1.95. The Kier molecular flexibility index (Phi) is 2.38. The Morgan fingerprint density at radius 3 is 2.47 bits per heavy atom. The number of hydrogen-bond acceptors (Lipinski definition) is 4. The molecule has 1 aromatic carbocycles. The molecule has 0 aliphatic heterocycles. The van der Waals surface area contributed by atoms with Gasteiger partial charge in [-0.1, -0.05) is 0 Å². The largest absolute Gasteiger partial charge is 0.507 e. The maximum absolute atomic E-state index is 11.4. The lowest BCUT2D eigenvalue weighted by molar-refractivity contribution is 0.0663. The Bertz CT molecular complexity index is 636. The van der Waals surface area contributed by atoms with E-state index >= 15 is 0 Å². The summed E-state index contributed by atoms with van der Waals surface area (Å²) in [6, 6.07) is 2.88. The van der Waals surface area contributed by atoms with Crippen LogP contribution >= 0.6 is 0 Å². The van der Waals surface area contributed by atoms with Gasteiger partial charge >= 0.3 is 5.97 Å². The smallest absolute Gasteiger partial charge is 0.372 e. The molecule has 0 unspecified atom stereocenters. The number of phenols is 1. The van der Waals surface area contributed by atoms with E-state index in [1.165, 1.54) is 19.1 Å². The molecule has 5 nitrogen and oxygen atoms in total. The molecule has 1 heterocycles. The fourth-order valence-corrected chi connectivity index (χ4v) is 1.82. The SMILES string of the molecule is CC(=O)c1c(O)ccc2c(C)c(C(=O)O)oc12. The van der Waals surface area contributed by atoms with E-state index in [9.17, 15) is 14.7 Å². The molecule has 2 rings (SSSR count). The number of aromatic carboxylic acids is 1. The predicted molar refractivity (Wildman–Crippen MR) is 59.6 cm³/mol. The number of fused-ring (bicyclic) bond motifs is 1. The molecule has 5 heteroatoms. The number of benzene rings is 1. The minimum absolute atomic E-state index is 0.0121. The van der Waals surface area contributed by atoms with Crippen molar-refractivity contribution in [3.8, 4) is 5.75 Å².